The predicted molar refractivity (Wildman–Crippen MR) is 79.6 cm³/mol. The van der Waals surface area contributed by atoms with Crippen LogP contribution in [0.15, 0.2) is 16.8 Å². The molecule has 3 heterocycles. The molecule has 1 atom stereocenters. The second-order valence-electron chi connectivity index (χ2n) is 6.25. The predicted octanol–water partition coefficient (Wildman–Crippen LogP) is 2.30. The quantitative estimate of drug-likeness (QED) is 0.923. The number of piperidine rings is 1. The lowest BCUT2D eigenvalue weighted by molar-refractivity contribution is 0.0662. The zero-order valence-electron chi connectivity index (χ0n) is 12.5. The summed E-state index contributed by atoms with van der Waals surface area (Å²) < 4.78 is 5.40. The van der Waals surface area contributed by atoms with Crippen LogP contribution < -0.4 is 0 Å². The topological polar surface area (TPSA) is 75.0 Å². The van der Waals surface area contributed by atoms with Crippen LogP contribution in [0.2, 0.25) is 0 Å². The normalized spacial score (nSPS) is 21.6. The highest BCUT2D eigenvalue weighted by atomic mass is 16.5. The molecule has 0 spiro atoms. The summed E-state index contributed by atoms with van der Waals surface area (Å²) in [5.74, 6) is 0.804. The van der Waals surface area contributed by atoms with Crippen LogP contribution in [0, 0.1) is 0 Å². The van der Waals surface area contributed by atoms with Gasteiger partial charge in [0.05, 0.1) is 5.69 Å². The minimum atomic E-state index is -0.000125. The number of carbonyl (C=O) groups is 1. The minimum absolute atomic E-state index is 0.000125. The van der Waals surface area contributed by atoms with Crippen molar-refractivity contribution < 1.29 is 9.32 Å². The molecule has 22 heavy (non-hydrogen) atoms. The average molecular weight is 300 g/mol. The molecule has 2 aromatic heterocycles. The number of nitrogens with zero attached hydrogens (tertiary/aromatic N) is 3. The first-order chi connectivity index (χ1) is 10.8. The van der Waals surface area contributed by atoms with Gasteiger partial charge in [0.1, 0.15) is 0 Å². The first kappa shape index (κ1) is 13.5. The van der Waals surface area contributed by atoms with Crippen molar-refractivity contribution in [1.82, 2.24) is 20.3 Å². The van der Waals surface area contributed by atoms with Gasteiger partial charge in [-0.05, 0) is 44.6 Å². The van der Waals surface area contributed by atoms with Gasteiger partial charge in [-0.15, -0.1) is 0 Å². The Morgan fingerprint density at radius 3 is 3.09 bits per heavy atom. The highest BCUT2D eigenvalue weighted by Gasteiger charge is 2.31. The lowest BCUT2D eigenvalue weighted by Crippen LogP contribution is -2.39. The van der Waals surface area contributed by atoms with E-state index in [0.717, 1.165) is 68.6 Å². The summed E-state index contributed by atoms with van der Waals surface area (Å²) in [6.07, 6.45) is 7.96. The van der Waals surface area contributed by atoms with Crippen LogP contribution in [-0.2, 0) is 12.8 Å². The zero-order valence-corrected chi connectivity index (χ0v) is 12.5. The summed E-state index contributed by atoms with van der Waals surface area (Å²) >= 11 is 0. The molecule has 6 heteroatoms. The van der Waals surface area contributed by atoms with Crippen LogP contribution in [0.25, 0.3) is 0 Å². The van der Waals surface area contributed by atoms with Crippen LogP contribution in [0.3, 0.4) is 0 Å². The van der Waals surface area contributed by atoms with Gasteiger partial charge in [-0.2, -0.15) is 5.10 Å². The molecule has 0 saturated carbocycles. The van der Waals surface area contributed by atoms with Gasteiger partial charge in [-0.3, -0.25) is 9.89 Å². The number of nitrogens with one attached hydrogen (secondary N) is 1. The van der Waals surface area contributed by atoms with Crippen molar-refractivity contribution in [2.45, 2.75) is 44.4 Å². The number of aromatic amines is 1. The number of aromatic nitrogens is 3. The molecule has 0 aromatic carbocycles. The third-order valence-electron chi connectivity index (χ3n) is 4.82. The molecule has 1 fully saturated rings. The molecular formula is C16H20N4O2. The molecule has 6 nitrogen and oxygen atoms in total. The molecule has 1 aliphatic heterocycles. The number of fused-ring (bicyclic) bond motifs is 1. The van der Waals surface area contributed by atoms with Gasteiger partial charge >= 0.3 is 0 Å². The fourth-order valence-electron chi connectivity index (χ4n) is 3.61. The number of hydrogen-bond acceptors (Lipinski definition) is 4. The average Bonchev–Trinajstić information content (AvgIpc) is 3.24. The summed E-state index contributed by atoms with van der Waals surface area (Å²) in [5.41, 5.74) is 3.13. The molecule has 1 N–H and O–H groups in total. The van der Waals surface area contributed by atoms with E-state index in [-0.39, 0.29) is 5.91 Å². The van der Waals surface area contributed by atoms with Crippen molar-refractivity contribution in [3.05, 3.63) is 35.0 Å². The first-order valence-electron chi connectivity index (χ1n) is 8.09. The van der Waals surface area contributed by atoms with Crippen molar-refractivity contribution in [3.8, 4) is 0 Å². The van der Waals surface area contributed by atoms with Gasteiger partial charge < -0.3 is 9.42 Å². The summed E-state index contributed by atoms with van der Waals surface area (Å²) in [5, 5.41) is 11.1. The smallest absolute Gasteiger partial charge is 0.292 e. The maximum Gasteiger partial charge on any atom is 0.292 e. The molecule has 1 amide bonds. The van der Waals surface area contributed by atoms with E-state index in [1.807, 2.05) is 11.0 Å². The molecule has 1 aliphatic carbocycles. The van der Waals surface area contributed by atoms with Crippen molar-refractivity contribution in [1.29, 1.82) is 0 Å². The lowest BCUT2D eigenvalue weighted by Gasteiger charge is -2.31. The SMILES string of the molecule is O=C(c1onc2c1CCCC2)N1CCC[C@@H](c2ccn[nH]2)C1. The van der Waals surface area contributed by atoms with Gasteiger partial charge in [0.15, 0.2) is 0 Å². The molecule has 4 rings (SSSR count). The van der Waals surface area contributed by atoms with E-state index in [9.17, 15) is 4.79 Å². The fraction of sp³-hybridized carbons (Fsp3) is 0.562. The molecule has 0 unspecified atom stereocenters. The number of amides is 1. The maximum atomic E-state index is 12.8. The largest absolute Gasteiger partial charge is 0.350 e. The first-order valence-corrected chi connectivity index (χ1v) is 8.09. The van der Waals surface area contributed by atoms with Gasteiger partial charge in [0, 0.05) is 36.5 Å². The van der Waals surface area contributed by atoms with E-state index in [1.54, 1.807) is 6.20 Å². The Balaban J connectivity index is 1.54. The third-order valence-corrected chi connectivity index (χ3v) is 4.82. The van der Waals surface area contributed by atoms with Gasteiger partial charge in [0.2, 0.25) is 5.76 Å². The Labute approximate surface area is 128 Å². The van der Waals surface area contributed by atoms with E-state index in [2.05, 4.69) is 15.4 Å². The van der Waals surface area contributed by atoms with E-state index in [0.29, 0.717) is 11.7 Å². The highest BCUT2D eigenvalue weighted by Crippen LogP contribution is 2.29. The highest BCUT2D eigenvalue weighted by molar-refractivity contribution is 5.93. The summed E-state index contributed by atoms with van der Waals surface area (Å²) in [6, 6.07) is 1.99. The Hall–Kier alpha value is -2.11. The Morgan fingerprint density at radius 1 is 1.32 bits per heavy atom. The van der Waals surface area contributed by atoms with Crippen LogP contribution in [-0.4, -0.2) is 39.3 Å². The molecule has 0 radical (unpaired) electrons. The van der Waals surface area contributed by atoms with E-state index in [4.69, 9.17) is 4.52 Å². The standard InChI is InChI=1S/C16H20N4O2/c21-16(15-12-5-1-2-6-14(12)19-22-15)20-9-3-4-11(10-20)13-7-8-17-18-13/h7-8,11H,1-6,9-10H2,(H,17,18)/t11-/m1/s1. The van der Waals surface area contributed by atoms with Crippen LogP contribution >= 0.6 is 0 Å². The van der Waals surface area contributed by atoms with Crippen LogP contribution in [0.4, 0.5) is 0 Å². The summed E-state index contributed by atoms with van der Waals surface area (Å²) in [7, 11) is 0. The van der Waals surface area contributed by atoms with Crippen molar-refractivity contribution in [3.63, 3.8) is 0 Å². The number of carbonyl (C=O) groups excluding carboxylic acids is 1. The van der Waals surface area contributed by atoms with Crippen molar-refractivity contribution in [2.75, 3.05) is 13.1 Å². The van der Waals surface area contributed by atoms with E-state index in [1.165, 1.54) is 0 Å². The molecule has 1 saturated heterocycles. The molecule has 0 bridgehead atoms. The molecule has 116 valence electrons. The summed E-state index contributed by atoms with van der Waals surface area (Å²) in [4.78, 5) is 14.7. The van der Waals surface area contributed by atoms with Gasteiger partial charge in [0.25, 0.3) is 5.91 Å². The van der Waals surface area contributed by atoms with Crippen LogP contribution in [0.1, 0.15) is 59.1 Å². The Kier molecular flexibility index (Phi) is 3.44. The molecule has 2 aromatic rings. The van der Waals surface area contributed by atoms with Crippen molar-refractivity contribution in [2.24, 2.45) is 0 Å². The second kappa shape index (κ2) is 5.59. The van der Waals surface area contributed by atoms with E-state index >= 15 is 0 Å². The van der Waals surface area contributed by atoms with Gasteiger partial charge in [-0.25, -0.2) is 0 Å². The van der Waals surface area contributed by atoms with E-state index < -0.39 is 0 Å². The zero-order chi connectivity index (χ0) is 14.9. The number of aryl methyl sites for hydroxylation is 1. The van der Waals surface area contributed by atoms with Crippen molar-refractivity contribution >= 4 is 5.91 Å². The minimum Gasteiger partial charge on any atom is -0.350 e. The Bertz CT molecular complexity index is 662. The summed E-state index contributed by atoms with van der Waals surface area (Å²) in [6.45, 7) is 1.51. The monoisotopic (exact) mass is 300 g/mol. The lowest BCUT2D eigenvalue weighted by atomic mass is 9.93. The molecular weight excluding hydrogens is 280 g/mol. The third kappa shape index (κ3) is 2.32. The maximum absolute atomic E-state index is 12.8. The number of hydrogen-bond donors (Lipinski definition) is 1. The fourth-order valence-corrected chi connectivity index (χ4v) is 3.61. The molecule has 2 aliphatic rings. The number of rotatable bonds is 2. The number of likely N-dealkylation sites (tertiary alicyclic amines) is 1. The second-order valence-corrected chi connectivity index (χ2v) is 6.25. The number of H-pyrrole nitrogens is 1. The Morgan fingerprint density at radius 2 is 2.23 bits per heavy atom. The van der Waals surface area contributed by atoms with Crippen LogP contribution in [0.5, 0.6) is 0 Å². The van der Waals surface area contributed by atoms with Gasteiger partial charge in [-0.1, -0.05) is 5.16 Å².